The highest BCUT2D eigenvalue weighted by atomic mass is 79.9. The van der Waals surface area contributed by atoms with Crippen LogP contribution in [0.3, 0.4) is 0 Å². The zero-order chi connectivity index (χ0) is 21.4. The van der Waals surface area contributed by atoms with Gasteiger partial charge in [-0.15, -0.1) is 0 Å². The molecule has 1 aromatic heterocycles. The summed E-state index contributed by atoms with van der Waals surface area (Å²) in [6.45, 7) is 4.34. The number of carbonyl (C=O) groups excluding carboxylic acids is 1. The van der Waals surface area contributed by atoms with Gasteiger partial charge in [0.1, 0.15) is 18.0 Å². The maximum Gasteiger partial charge on any atom is 0.231 e. The van der Waals surface area contributed by atoms with Gasteiger partial charge < -0.3 is 20.6 Å². The number of benzene rings is 1. The molecule has 160 valence electrons. The second-order valence-corrected chi connectivity index (χ2v) is 8.83. The van der Waals surface area contributed by atoms with Crippen LogP contribution < -0.4 is 10.6 Å². The molecule has 3 atom stereocenters. The van der Waals surface area contributed by atoms with Gasteiger partial charge in [0.2, 0.25) is 5.91 Å². The topological polar surface area (TPSA) is 95.6 Å². The Morgan fingerprint density at radius 1 is 1.33 bits per heavy atom. The first-order chi connectivity index (χ1) is 14.4. The van der Waals surface area contributed by atoms with Gasteiger partial charge in [-0.25, -0.2) is 14.4 Å². The third-order valence-electron chi connectivity index (χ3n) is 6.04. The first kappa shape index (κ1) is 21.1. The summed E-state index contributed by atoms with van der Waals surface area (Å²) in [6.07, 6.45) is 1.59. The van der Waals surface area contributed by atoms with Crippen LogP contribution in [0, 0.1) is 5.82 Å². The number of hydrogen-bond donors (Lipinski definition) is 2. The second kappa shape index (κ2) is 8.56. The molecule has 4 rings (SSSR count). The first-order valence-electron chi connectivity index (χ1n) is 10.1. The van der Waals surface area contributed by atoms with Crippen molar-refractivity contribution in [1.82, 2.24) is 14.9 Å². The van der Waals surface area contributed by atoms with Crippen molar-refractivity contribution in [2.45, 2.75) is 31.3 Å². The van der Waals surface area contributed by atoms with Crippen LogP contribution in [0.15, 0.2) is 29.0 Å². The summed E-state index contributed by atoms with van der Waals surface area (Å²) in [5.41, 5.74) is 7.88. The van der Waals surface area contributed by atoms with Crippen molar-refractivity contribution in [3.8, 4) is 0 Å². The number of nitrogens with zero attached hydrogens (tertiary/aromatic N) is 4. The highest BCUT2D eigenvalue weighted by molar-refractivity contribution is 9.10. The molecule has 1 aliphatic carbocycles. The van der Waals surface area contributed by atoms with E-state index >= 15 is 0 Å². The van der Waals surface area contributed by atoms with Crippen molar-refractivity contribution in [1.29, 1.82) is 0 Å². The predicted octanol–water partition coefficient (Wildman–Crippen LogP) is 2.31. The van der Waals surface area contributed by atoms with Gasteiger partial charge in [-0.2, -0.15) is 0 Å². The number of aromatic nitrogens is 2. The van der Waals surface area contributed by atoms with Crippen molar-refractivity contribution >= 4 is 27.7 Å². The lowest BCUT2D eigenvalue weighted by atomic mass is 9.96. The van der Waals surface area contributed by atoms with Gasteiger partial charge >= 0.3 is 0 Å². The minimum absolute atomic E-state index is 0.0480. The Hall–Kier alpha value is -2.10. The van der Waals surface area contributed by atoms with E-state index in [9.17, 15) is 14.3 Å². The SMILES string of the molecule is C[C@@H]1C[C@@H](O)c2ncnc(N3CCN(C(=O)C(CN)c4ccc(Br)cc4F)CC3)c21. The largest absolute Gasteiger partial charge is 0.387 e. The Kier molecular flexibility index (Phi) is 6.04. The molecule has 30 heavy (non-hydrogen) atoms. The highest BCUT2D eigenvalue weighted by Gasteiger charge is 2.35. The Bertz CT molecular complexity index is 951. The number of rotatable bonds is 4. The molecule has 9 heteroatoms. The molecule has 1 amide bonds. The Balaban J connectivity index is 1.48. The van der Waals surface area contributed by atoms with Gasteiger partial charge in [-0.1, -0.05) is 28.9 Å². The molecule has 7 nitrogen and oxygen atoms in total. The molecule has 1 saturated heterocycles. The molecule has 2 aliphatic rings. The first-order valence-corrected chi connectivity index (χ1v) is 10.9. The van der Waals surface area contributed by atoms with Crippen molar-refractivity contribution in [2.75, 3.05) is 37.6 Å². The Morgan fingerprint density at radius 2 is 2.07 bits per heavy atom. The van der Waals surface area contributed by atoms with Gasteiger partial charge in [-0.3, -0.25) is 4.79 Å². The quantitative estimate of drug-likeness (QED) is 0.701. The van der Waals surface area contributed by atoms with E-state index in [0.29, 0.717) is 48.3 Å². The fourth-order valence-electron chi connectivity index (χ4n) is 4.46. The summed E-state index contributed by atoms with van der Waals surface area (Å²) in [7, 11) is 0. The summed E-state index contributed by atoms with van der Waals surface area (Å²) in [5, 5.41) is 10.2. The summed E-state index contributed by atoms with van der Waals surface area (Å²) >= 11 is 3.24. The zero-order valence-corrected chi connectivity index (χ0v) is 18.3. The van der Waals surface area contributed by atoms with E-state index in [2.05, 4.69) is 37.7 Å². The van der Waals surface area contributed by atoms with Gasteiger partial charge in [0.05, 0.1) is 17.7 Å². The number of halogens is 2. The molecule has 1 aromatic carbocycles. The van der Waals surface area contributed by atoms with Crippen molar-refractivity contribution in [3.63, 3.8) is 0 Å². The molecule has 0 radical (unpaired) electrons. The third kappa shape index (κ3) is 3.81. The zero-order valence-electron chi connectivity index (χ0n) is 16.8. The molecule has 1 unspecified atom stereocenters. The number of amides is 1. The van der Waals surface area contributed by atoms with Crippen LogP contribution in [0.1, 0.15) is 48.1 Å². The van der Waals surface area contributed by atoms with Crippen LogP contribution in [0.5, 0.6) is 0 Å². The van der Waals surface area contributed by atoms with Crippen molar-refractivity contribution in [2.24, 2.45) is 5.73 Å². The van der Waals surface area contributed by atoms with Gasteiger partial charge in [0.15, 0.2) is 0 Å². The number of aliphatic hydroxyl groups excluding tert-OH is 1. The van der Waals surface area contributed by atoms with E-state index in [1.165, 1.54) is 12.4 Å². The van der Waals surface area contributed by atoms with E-state index in [1.54, 1.807) is 17.0 Å². The van der Waals surface area contributed by atoms with Crippen molar-refractivity contribution in [3.05, 3.63) is 51.6 Å². The van der Waals surface area contributed by atoms with Crippen LogP contribution in [-0.4, -0.2) is 58.6 Å². The highest BCUT2D eigenvalue weighted by Crippen LogP contribution is 2.42. The minimum atomic E-state index is -0.705. The van der Waals surface area contributed by atoms with Crippen LogP contribution >= 0.6 is 15.9 Å². The molecule has 0 spiro atoms. The van der Waals surface area contributed by atoms with E-state index < -0.39 is 17.8 Å². The summed E-state index contributed by atoms with van der Waals surface area (Å²) < 4.78 is 15.0. The Morgan fingerprint density at radius 3 is 2.73 bits per heavy atom. The molecule has 0 saturated carbocycles. The average Bonchev–Trinajstić information content (AvgIpc) is 3.04. The third-order valence-corrected chi connectivity index (χ3v) is 6.53. The minimum Gasteiger partial charge on any atom is -0.387 e. The monoisotopic (exact) mass is 477 g/mol. The van der Waals surface area contributed by atoms with Crippen LogP contribution in [0.4, 0.5) is 10.2 Å². The molecular weight excluding hydrogens is 453 g/mol. The lowest BCUT2D eigenvalue weighted by Crippen LogP contribution is -2.51. The number of hydrogen-bond acceptors (Lipinski definition) is 6. The van der Waals surface area contributed by atoms with E-state index in [1.807, 2.05) is 0 Å². The van der Waals surface area contributed by atoms with Gasteiger partial charge in [-0.05, 0) is 24.5 Å². The number of aliphatic hydroxyl groups is 1. The summed E-state index contributed by atoms with van der Waals surface area (Å²) in [5.74, 6) is -0.271. The average molecular weight is 478 g/mol. The molecule has 2 aromatic rings. The molecule has 2 heterocycles. The summed E-state index contributed by atoms with van der Waals surface area (Å²) in [6, 6.07) is 4.69. The van der Waals surface area contributed by atoms with E-state index in [-0.39, 0.29) is 18.4 Å². The second-order valence-electron chi connectivity index (χ2n) is 7.92. The normalized spacial score (nSPS) is 22.2. The lowest BCUT2D eigenvalue weighted by molar-refractivity contribution is -0.133. The molecular formula is C21H25BrFN5O2. The van der Waals surface area contributed by atoms with E-state index in [4.69, 9.17) is 5.73 Å². The van der Waals surface area contributed by atoms with Gasteiger partial charge in [0.25, 0.3) is 0 Å². The van der Waals surface area contributed by atoms with Gasteiger partial charge in [0, 0.05) is 48.3 Å². The smallest absolute Gasteiger partial charge is 0.231 e. The summed E-state index contributed by atoms with van der Waals surface area (Å²) in [4.78, 5) is 25.7. The molecule has 0 bridgehead atoms. The lowest BCUT2D eigenvalue weighted by Gasteiger charge is -2.37. The maximum absolute atomic E-state index is 14.4. The number of piperazine rings is 1. The number of anilines is 1. The standard InChI is InChI=1S/C21H25BrFN5O2/c1-12-8-17(29)19-18(12)20(26-11-25-19)27-4-6-28(7-5-27)21(30)15(10-24)14-3-2-13(22)9-16(14)23/h2-3,9,11-12,15,17,29H,4-8,10,24H2,1H3/t12-,15?,17-/m1/s1. The van der Waals surface area contributed by atoms with Crippen LogP contribution in [0.25, 0.3) is 0 Å². The predicted molar refractivity (Wildman–Crippen MR) is 115 cm³/mol. The maximum atomic E-state index is 14.4. The fraction of sp³-hybridized carbons (Fsp3) is 0.476. The fourth-order valence-corrected chi connectivity index (χ4v) is 4.79. The van der Waals surface area contributed by atoms with Crippen LogP contribution in [-0.2, 0) is 4.79 Å². The van der Waals surface area contributed by atoms with Crippen LogP contribution in [0.2, 0.25) is 0 Å². The Labute approximate surface area is 183 Å². The number of fused-ring (bicyclic) bond motifs is 1. The number of nitrogens with two attached hydrogens (primary N) is 1. The van der Waals surface area contributed by atoms with Crippen molar-refractivity contribution < 1.29 is 14.3 Å². The molecule has 1 aliphatic heterocycles. The molecule has 1 fully saturated rings. The number of carbonyl (C=O) groups is 1. The molecule has 3 N–H and O–H groups in total. The van der Waals surface area contributed by atoms with E-state index in [0.717, 1.165) is 11.4 Å².